The van der Waals surface area contributed by atoms with E-state index in [9.17, 15) is 35.9 Å². The van der Waals surface area contributed by atoms with Crippen molar-refractivity contribution in [2.75, 3.05) is 53.5 Å². The minimum absolute atomic E-state index is 0.0620. The smallest absolute Gasteiger partial charge is 0.474 e. The third-order valence-electron chi connectivity index (χ3n) is 9.14. The summed E-state index contributed by atoms with van der Waals surface area (Å²) in [5.74, 6) is -1.47. The quantitative estimate of drug-likeness (QED) is 0.260. The van der Waals surface area contributed by atoms with E-state index < -0.39 is 35.1 Å². The van der Waals surface area contributed by atoms with Gasteiger partial charge in [0.2, 0.25) is 11.8 Å². The van der Waals surface area contributed by atoms with Crippen LogP contribution in [0.2, 0.25) is 0 Å². The summed E-state index contributed by atoms with van der Waals surface area (Å²) < 4.78 is 93.5. The van der Waals surface area contributed by atoms with Crippen molar-refractivity contribution in [3.05, 3.63) is 36.7 Å². The van der Waals surface area contributed by atoms with Crippen molar-refractivity contribution in [3.63, 3.8) is 0 Å². The molecule has 12 nitrogen and oxygen atoms in total. The average Bonchev–Trinajstić information content (AvgIpc) is 3.05. The van der Waals surface area contributed by atoms with Crippen LogP contribution >= 0.6 is 0 Å². The molecule has 4 atom stereocenters. The number of halogens is 6. The molecule has 4 rings (SSSR count). The summed E-state index contributed by atoms with van der Waals surface area (Å²) in [6, 6.07) is 4.98. The number of likely N-dealkylation sites (tertiary alicyclic amines) is 2. The maximum atomic E-state index is 12.7. The molecule has 0 unspecified atom stereocenters. The first-order chi connectivity index (χ1) is 25.0. The highest BCUT2D eigenvalue weighted by Crippen LogP contribution is 2.33. The van der Waals surface area contributed by atoms with Gasteiger partial charge in [0.05, 0.1) is 10.8 Å². The van der Waals surface area contributed by atoms with Crippen molar-refractivity contribution >= 4 is 11.8 Å². The number of nitrogens with one attached hydrogen (secondary N) is 2. The summed E-state index contributed by atoms with van der Waals surface area (Å²) in [5.41, 5.74) is -1.90. The Balaban J connectivity index is 0.000000290. The van der Waals surface area contributed by atoms with Gasteiger partial charge in [0.25, 0.3) is 11.8 Å². The van der Waals surface area contributed by atoms with E-state index in [0.29, 0.717) is 11.8 Å². The zero-order valence-electron chi connectivity index (χ0n) is 31.9. The lowest BCUT2D eigenvalue weighted by molar-refractivity contribution is -0.276. The Hall–Kier alpha value is -4.06. The van der Waals surface area contributed by atoms with E-state index in [1.165, 1.54) is 24.5 Å². The lowest BCUT2D eigenvalue weighted by Crippen LogP contribution is -2.52. The van der Waals surface area contributed by atoms with Crippen molar-refractivity contribution in [3.8, 4) is 23.3 Å². The molecule has 2 amide bonds. The summed E-state index contributed by atoms with van der Waals surface area (Å²) >= 11 is 0. The fourth-order valence-corrected chi connectivity index (χ4v) is 5.87. The SMILES string of the molecule is C[C@@H]1CN(C)CC[C@@H]1NC(=O)C(C)(C)COc1ncccc1OC(F)(F)F.C[C@H]1CN(C)CC[C@H]1NC(=O)C(C)(C)COc1ncccc1OC(F)(F)F. The van der Waals surface area contributed by atoms with E-state index in [2.05, 4.69) is 53.7 Å². The van der Waals surface area contributed by atoms with Crippen LogP contribution < -0.4 is 29.6 Å². The second-order valence-electron chi connectivity index (χ2n) is 15.3. The highest BCUT2D eigenvalue weighted by molar-refractivity contribution is 5.82. The van der Waals surface area contributed by atoms with E-state index in [-0.39, 0.29) is 48.9 Å². The Labute approximate surface area is 312 Å². The number of carbonyl (C=O) groups excluding carboxylic acids is 2. The van der Waals surface area contributed by atoms with E-state index in [1.807, 2.05) is 14.1 Å². The summed E-state index contributed by atoms with van der Waals surface area (Å²) in [7, 11) is 4.08. The van der Waals surface area contributed by atoms with Gasteiger partial charge in [-0.3, -0.25) is 9.59 Å². The van der Waals surface area contributed by atoms with Gasteiger partial charge in [-0.05, 0) is 104 Å². The number of nitrogens with zero attached hydrogens (tertiary/aromatic N) is 4. The van der Waals surface area contributed by atoms with E-state index in [0.717, 1.165) is 51.2 Å². The molecule has 18 heteroatoms. The molecule has 0 aromatic carbocycles. The summed E-state index contributed by atoms with van der Waals surface area (Å²) in [5, 5.41) is 6.08. The molecule has 0 aliphatic carbocycles. The maximum Gasteiger partial charge on any atom is 0.573 e. The molecular formula is C36H52F6N6O6. The van der Waals surface area contributed by atoms with Crippen LogP contribution in [0.15, 0.2) is 36.7 Å². The minimum Gasteiger partial charge on any atom is -0.474 e. The molecule has 2 N–H and O–H groups in total. The first-order valence-corrected chi connectivity index (χ1v) is 17.6. The second kappa shape index (κ2) is 18.5. The highest BCUT2D eigenvalue weighted by Gasteiger charge is 2.37. The van der Waals surface area contributed by atoms with Crippen LogP contribution in [0, 0.1) is 22.7 Å². The number of carbonyl (C=O) groups is 2. The van der Waals surface area contributed by atoms with Gasteiger partial charge >= 0.3 is 12.7 Å². The summed E-state index contributed by atoms with van der Waals surface area (Å²) in [6.07, 6.45) is -5.40. The zero-order chi connectivity index (χ0) is 40.5. The van der Waals surface area contributed by atoms with E-state index >= 15 is 0 Å². The van der Waals surface area contributed by atoms with Crippen LogP contribution in [0.25, 0.3) is 0 Å². The number of alkyl halides is 6. The number of piperidine rings is 2. The topological polar surface area (TPSA) is 127 Å². The van der Waals surface area contributed by atoms with Gasteiger partial charge in [-0.25, -0.2) is 9.97 Å². The summed E-state index contributed by atoms with van der Waals surface area (Å²) in [6.45, 7) is 14.2. The Kier molecular flexibility index (Phi) is 15.2. The van der Waals surface area contributed by atoms with Crippen LogP contribution in [0.4, 0.5) is 26.3 Å². The number of aromatic nitrogens is 2. The van der Waals surface area contributed by atoms with Crippen LogP contribution in [0.5, 0.6) is 23.3 Å². The van der Waals surface area contributed by atoms with Crippen LogP contribution in [0.1, 0.15) is 54.4 Å². The Bertz CT molecular complexity index is 1420. The van der Waals surface area contributed by atoms with Crippen molar-refractivity contribution in [2.24, 2.45) is 22.7 Å². The normalized spacial score (nSPS) is 21.6. The molecule has 0 saturated carbocycles. The predicted molar refractivity (Wildman–Crippen MR) is 187 cm³/mol. The molecule has 2 aromatic heterocycles. The Morgan fingerprint density at radius 2 is 1.06 bits per heavy atom. The van der Waals surface area contributed by atoms with Crippen LogP contribution in [-0.2, 0) is 9.59 Å². The molecule has 2 saturated heterocycles. The van der Waals surface area contributed by atoms with Gasteiger partial charge in [-0.1, -0.05) is 13.8 Å². The zero-order valence-corrected chi connectivity index (χ0v) is 31.9. The number of pyridine rings is 2. The molecule has 4 heterocycles. The molecular weight excluding hydrogens is 726 g/mol. The average molecular weight is 779 g/mol. The van der Waals surface area contributed by atoms with Crippen molar-refractivity contribution in [2.45, 2.75) is 79.2 Å². The van der Waals surface area contributed by atoms with Crippen molar-refractivity contribution in [1.82, 2.24) is 30.4 Å². The molecule has 304 valence electrons. The van der Waals surface area contributed by atoms with Gasteiger partial charge in [0.1, 0.15) is 13.2 Å². The molecule has 54 heavy (non-hydrogen) atoms. The number of hydrogen-bond acceptors (Lipinski definition) is 10. The third kappa shape index (κ3) is 14.3. The number of rotatable bonds is 12. The molecule has 2 aromatic rings. The molecule has 2 aliphatic heterocycles. The van der Waals surface area contributed by atoms with Crippen molar-refractivity contribution in [1.29, 1.82) is 0 Å². The fraction of sp³-hybridized carbons (Fsp3) is 0.667. The molecule has 2 aliphatic rings. The minimum atomic E-state index is -4.85. The number of hydrogen-bond donors (Lipinski definition) is 2. The lowest BCUT2D eigenvalue weighted by atomic mass is 9.89. The van der Waals surface area contributed by atoms with Crippen LogP contribution in [0.3, 0.4) is 0 Å². The molecule has 0 radical (unpaired) electrons. The largest absolute Gasteiger partial charge is 0.573 e. The lowest BCUT2D eigenvalue weighted by Gasteiger charge is -2.37. The predicted octanol–water partition coefficient (Wildman–Crippen LogP) is 5.68. The van der Waals surface area contributed by atoms with Gasteiger partial charge < -0.3 is 39.4 Å². The van der Waals surface area contributed by atoms with Crippen LogP contribution in [-0.4, -0.2) is 110 Å². The van der Waals surface area contributed by atoms with Gasteiger partial charge in [0.15, 0.2) is 11.5 Å². The van der Waals surface area contributed by atoms with Gasteiger partial charge in [-0.15, -0.1) is 26.3 Å². The first kappa shape index (κ1) is 44.3. The molecule has 2 fully saturated rings. The summed E-state index contributed by atoms with van der Waals surface area (Å²) in [4.78, 5) is 37.3. The fourth-order valence-electron chi connectivity index (χ4n) is 5.87. The third-order valence-corrected chi connectivity index (χ3v) is 9.14. The number of amides is 2. The molecule has 0 spiro atoms. The monoisotopic (exact) mass is 778 g/mol. The van der Waals surface area contributed by atoms with Gasteiger partial charge in [0, 0.05) is 37.6 Å². The second-order valence-corrected chi connectivity index (χ2v) is 15.3. The highest BCUT2D eigenvalue weighted by atomic mass is 19.4. The number of ether oxygens (including phenoxy) is 4. The maximum absolute atomic E-state index is 12.7. The Morgan fingerprint density at radius 1 is 0.704 bits per heavy atom. The standard InChI is InChI=1S/2C18H26F3N3O3/c2*1-12-10-24(4)9-7-13(12)23-16(25)17(2,3)11-26-15-14(6-5-8-22-15)27-18(19,20)21/h2*5-6,8,12-13H,7,9-11H2,1-4H3,(H,23,25)/t2*12-,13+/m10/s1. The van der Waals surface area contributed by atoms with E-state index in [4.69, 9.17) is 9.47 Å². The first-order valence-electron chi connectivity index (χ1n) is 17.6. The Morgan fingerprint density at radius 3 is 1.37 bits per heavy atom. The molecule has 0 bridgehead atoms. The van der Waals surface area contributed by atoms with Gasteiger partial charge in [-0.2, -0.15) is 0 Å². The van der Waals surface area contributed by atoms with E-state index in [1.54, 1.807) is 27.7 Å². The van der Waals surface area contributed by atoms with Crippen molar-refractivity contribution < 1.29 is 54.9 Å².